The number of ether oxygens (including phenoxy) is 2. The topological polar surface area (TPSA) is 86.4 Å². The zero-order valence-corrected chi connectivity index (χ0v) is 14.8. The minimum Gasteiger partial charge on any atom is -0.493 e. The zero-order chi connectivity index (χ0) is 18.1. The van der Waals surface area contributed by atoms with Gasteiger partial charge in [0.05, 0.1) is 30.9 Å². The van der Waals surface area contributed by atoms with Crippen molar-refractivity contribution >= 4 is 17.5 Å². The number of rotatable bonds is 8. The van der Waals surface area contributed by atoms with E-state index in [2.05, 4.69) is 13.8 Å². The summed E-state index contributed by atoms with van der Waals surface area (Å²) in [5, 5.41) is 17.8. The van der Waals surface area contributed by atoms with Crippen molar-refractivity contribution in [1.82, 2.24) is 4.90 Å². The number of nitriles is 2. The predicted octanol–water partition coefficient (Wildman–Crippen LogP) is 3.26. The molecule has 0 saturated carbocycles. The second-order valence-electron chi connectivity index (χ2n) is 5.50. The lowest BCUT2D eigenvalue weighted by atomic mass is 10.1. The van der Waals surface area contributed by atoms with Gasteiger partial charge in [0, 0.05) is 5.56 Å². The van der Waals surface area contributed by atoms with Crippen LogP contribution in [0.2, 0.25) is 5.02 Å². The number of methoxy groups -OCH3 is 1. The first-order valence-corrected chi connectivity index (χ1v) is 7.85. The van der Waals surface area contributed by atoms with Crippen LogP contribution in [0, 0.1) is 28.6 Å². The molecule has 0 bridgehead atoms. The van der Waals surface area contributed by atoms with Crippen molar-refractivity contribution in [2.24, 2.45) is 5.92 Å². The molecule has 0 heterocycles. The van der Waals surface area contributed by atoms with Crippen LogP contribution < -0.4 is 9.47 Å². The van der Waals surface area contributed by atoms with Gasteiger partial charge in [0.1, 0.15) is 13.1 Å². The number of carbonyl (C=O) groups is 1. The first-order valence-electron chi connectivity index (χ1n) is 7.48. The third-order valence-electron chi connectivity index (χ3n) is 3.23. The van der Waals surface area contributed by atoms with Gasteiger partial charge in [0.25, 0.3) is 5.91 Å². The van der Waals surface area contributed by atoms with Crippen molar-refractivity contribution in [2.75, 3.05) is 26.8 Å². The summed E-state index contributed by atoms with van der Waals surface area (Å²) in [6, 6.07) is 6.68. The Morgan fingerprint density at radius 1 is 1.29 bits per heavy atom. The fourth-order valence-electron chi connectivity index (χ4n) is 1.93. The van der Waals surface area contributed by atoms with Crippen LogP contribution in [-0.4, -0.2) is 37.6 Å². The molecule has 0 atom stereocenters. The molecule has 6 nitrogen and oxygen atoms in total. The summed E-state index contributed by atoms with van der Waals surface area (Å²) in [5.41, 5.74) is 0.235. The van der Waals surface area contributed by atoms with E-state index in [1.165, 1.54) is 19.2 Å². The van der Waals surface area contributed by atoms with Gasteiger partial charge in [0.15, 0.2) is 11.5 Å². The van der Waals surface area contributed by atoms with E-state index in [1.807, 2.05) is 12.1 Å². The van der Waals surface area contributed by atoms with Crippen molar-refractivity contribution in [3.8, 4) is 23.6 Å². The Labute approximate surface area is 147 Å². The lowest BCUT2D eigenvalue weighted by molar-refractivity contribution is 0.0794. The molecule has 1 aromatic carbocycles. The average Bonchev–Trinajstić information content (AvgIpc) is 2.54. The van der Waals surface area contributed by atoms with Crippen LogP contribution in [0.15, 0.2) is 12.1 Å². The third-order valence-corrected chi connectivity index (χ3v) is 3.51. The maximum absolute atomic E-state index is 12.4. The molecule has 0 aromatic heterocycles. The molecule has 0 saturated heterocycles. The molecule has 0 spiro atoms. The first-order chi connectivity index (χ1) is 11.4. The van der Waals surface area contributed by atoms with Crippen molar-refractivity contribution in [1.29, 1.82) is 10.5 Å². The van der Waals surface area contributed by atoms with E-state index in [0.29, 0.717) is 24.0 Å². The summed E-state index contributed by atoms with van der Waals surface area (Å²) in [6.45, 7) is 4.29. The fourth-order valence-corrected chi connectivity index (χ4v) is 2.20. The van der Waals surface area contributed by atoms with E-state index in [9.17, 15) is 4.79 Å². The monoisotopic (exact) mass is 349 g/mol. The lowest BCUT2D eigenvalue weighted by Gasteiger charge is -2.18. The minimum atomic E-state index is -0.466. The number of nitrogens with zero attached hydrogens (tertiary/aromatic N) is 3. The van der Waals surface area contributed by atoms with Gasteiger partial charge in [0.2, 0.25) is 0 Å². The predicted molar refractivity (Wildman–Crippen MR) is 90.1 cm³/mol. The van der Waals surface area contributed by atoms with Crippen molar-refractivity contribution in [3.05, 3.63) is 22.7 Å². The maximum atomic E-state index is 12.4. The van der Waals surface area contributed by atoms with E-state index in [1.54, 1.807) is 0 Å². The van der Waals surface area contributed by atoms with Crippen LogP contribution in [-0.2, 0) is 0 Å². The van der Waals surface area contributed by atoms with Gasteiger partial charge in [-0.1, -0.05) is 25.4 Å². The summed E-state index contributed by atoms with van der Waals surface area (Å²) in [5.74, 6) is 0.736. The quantitative estimate of drug-likeness (QED) is 0.672. The molecule has 7 heteroatoms. The summed E-state index contributed by atoms with van der Waals surface area (Å²) in [6.07, 6.45) is 0.859. The number of benzene rings is 1. The molecule has 0 unspecified atom stereocenters. The van der Waals surface area contributed by atoms with E-state index >= 15 is 0 Å². The van der Waals surface area contributed by atoms with Crippen molar-refractivity contribution in [2.45, 2.75) is 20.3 Å². The van der Waals surface area contributed by atoms with E-state index < -0.39 is 5.91 Å². The Bertz CT molecular complexity index is 646. The molecule has 0 N–H and O–H groups in total. The molecule has 24 heavy (non-hydrogen) atoms. The Kier molecular flexibility index (Phi) is 7.88. The molecule has 0 aliphatic carbocycles. The molecular formula is C17H20ClN3O3. The van der Waals surface area contributed by atoms with Gasteiger partial charge in [-0.2, -0.15) is 10.5 Å². The fraction of sp³-hybridized carbons (Fsp3) is 0.471. The van der Waals surface area contributed by atoms with E-state index in [-0.39, 0.29) is 23.7 Å². The van der Waals surface area contributed by atoms with Crippen LogP contribution >= 0.6 is 11.6 Å². The summed E-state index contributed by atoms with van der Waals surface area (Å²) < 4.78 is 10.9. The molecule has 1 rings (SSSR count). The Balaban J connectivity index is 3.07. The highest BCUT2D eigenvalue weighted by molar-refractivity contribution is 6.32. The SMILES string of the molecule is COc1cc(C(=O)N(CC#N)CC#N)cc(Cl)c1OCCC(C)C. The van der Waals surface area contributed by atoms with Crippen LogP contribution in [0.25, 0.3) is 0 Å². The van der Waals surface area contributed by atoms with Crippen LogP contribution in [0.5, 0.6) is 11.5 Å². The van der Waals surface area contributed by atoms with Gasteiger partial charge in [-0.3, -0.25) is 4.79 Å². The van der Waals surface area contributed by atoms with Crippen molar-refractivity contribution in [3.63, 3.8) is 0 Å². The molecule has 0 fully saturated rings. The molecule has 0 aliphatic rings. The second-order valence-corrected chi connectivity index (χ2v) is 5.91. The van der Waals surface area contributed by atoms with Gasteiger partial charge in [-0.15, -0.1) is 0 Å². The number of halogens is 1. The molecule has 1 aromatic rings. The molecule has 0 radical (unpaired) electrons. The normalized spacial score (nSPS) is 9.96. The maximum Gasteiger partial charge on any atom is 0.255 e. The van der Waals surface area contributed by atoms with Crippen molar-refractivity contribution < 1.29 is 14.3 Å². The summed E-state index contributed by atoms with van der Waals surface area (Å²) >= 11 is 6.23. The Morgan fingerprint density at radius 3 is 2.42 bits per heavy atom. The number of carbonyl (C=O) groups excluding carboxylic acids is 1. The largest absolute Gasteiger partial charge is 0.493 e. The molecule has 128 valence electrons. The van der Waals surface area contributed by atoms with Gasteiger partial charge in [-0.25, -0.2) is 0 Å². The highest BCUT2D eigenvalue weighted by Gasteiger charge is 2.20. The Morgan fingerprint density at radius 2 is 1.92 bits per heavy atom. The average molecular weight is 350 g/mol. The van der Waals surface area contributed by atoms with Gasteiger partial charge in [-0.05, 0) is 24.5 Å². The number of amides is 1. The lowest BCUT2D eigenvalue weighted by Crippen LogP contribution is -2.31. The summed E-state index contributed by atoms with van der Waals surface area (Å²) in [7, 11) is 1.46. The highest BCUT2D eigenvalue weighted by Crippen LogP contribution is 2.37. The second kappa shape index (κ2) is 9.64. The minimum absolute atomic E-state index is 0.182. The van der Waals surface area contributed by atoms with E-state index in [4.69, 9.17) is 31.6 Å². The number of hydrogen-bond donors (Lipinski definition) is 0. The standard InChI is InChI=1S/C17H20ClN3O3/c1-12(2)4-9-24-16-14(18)10-13(11-15(16)23-3)17(22)21(7-5-19)8-6-20/h10-12H,4,7-9H2,1-3H3. The smallest absolute Gasteiger partial charge is 0.255 e. The van der Waals surface area contributed by atoms with Crippen LogP contribution in [0.4, 0.5) is 0 Å². The Hall–Kier alpha value is -2.44. The molecule has 1 amide bonds. The molecule has 0 aliphatic heterocycles. The summed E-state index contributed by atoms with van der Waals surface area (Å²) in [4.78, 5) is 13.6. The van der Waals surface area contributed by atoms with Gasteiger partial charge < -0.3 is 14.4 Å². The van der Waals surface area contributed by atoms with Crippen LogP contribution in [0.1, 0.15) is 30.6 Å². The highest BCUT2D eigenvalue weighted by atomic mass is 35.5. The van der Waals surface area contributed by atoms with Gasteiger partial charge >= 0.3 is 0 Å². The van der Waals surface area contributed by atoms with E-state index in [0.717, 1.165) is 11.3 Å². The third kappa shape index (κ3) is 5.33. The molecular weight excluding hydrogens is 330 g/mol. The zero-order valence-electron chi connectivity index (χ0n) is 14.0. The van der Waals surface area contributed by atoms with Crippen LogP contribution in [0.3, 0.4) is 0 Å². The first kappa shape index (κ1) is 19.6. The number of hydrogen-bond acceptors (Lipinski definition) is 5.